The number of halogens is 3. The third-order valence-electron chi connectivity index (χ3n) is 4.08. The van der Waals surface area contributed by atoms with Crippen molar-refractivity contribution < 1.29 is 36.7 Å². The van der Waals surface area contributed by atoms with Crippen molar-refractivity contribution in [3.05, 3.63) is 54.0 Å². The van der Waals surface area contributed by atoms with E-state index in [2.05, 4.69) is 0 Å². The Morgan fingerprint density at radius 3 is 2.46 bits per heavy atom. The molecule has 1 saturated heterocycles. The van der Waals surface area contributed by atoms with Gasteiger partial charge >= 0.3 is 12.2 Å². The second kappa shape index (κ2) is 6.91. The van der Waals surface area contributed by atoms with E-state index in [9.17, 15) is 27.6 Å². The molecule has 0 saturated carbocycles. The van der Waals surface area contributed by atoms with E-state index in [-0.39, 0.29) is 0 Å². The minimum atomic E-state index is -5.29. The first-order valence-electron chi connectivity index (χ1n) is 7.88. The van der Waals surface area contributed by atoms with Gasteiger partial charge < -0.3 is 14.5 Å². The number of rotatable bonds is 5. The molecule has 11 heteroatoms. The summed E-state index contributed by atoms with van der Waals surface area (Å²) in [5.41, 5.74) is -3.21. The molecule has 1 unspecified atom stereocenters. The number of alkyl halides is 3. The van der Waals surface area contributed by atoms with Crippen molar-refractivity contribution in [1.82, 2.24) is 15.5 Å². The van der Waals surface area contributed by atoms with E-state index in [0.717, 1.165) is 12.3 Å². The smallest absolute Gasteiger partial charge is 0.440 e. The Balaban J connectivity index is 1.88. The highest BCUT2D eigenvalue weighted by Crippen LogP contribution is 2.34. The Bertz CT molecular complexity index is 896. The van der Waals surface area contributed by atoms with Crippen LogP contribution < -0.4 is 15.4 Å². The Morgan fingerprint density at radius 1 is 1.25 bits per heavy atom. The minimum Gasteiger partial charge on any atom is -0.497 e. The van der Waals surface area contributed by atoms with Gasteiger partial charge in [-0.15, -0.1) is 0 Å². The first kappa shape index (κ1) is 19.3. The second-order valence-electron chi connectivity index (χ2n) is 5.85. The number of ether oxygens (including phenoxy) is 1. The summed E-state index contributed by atoms with van der Waals surface area (Å²) in [4.78, 5) is 37.1. The van der Waals surface area contributed by atoms with Crippen molar-refractivity contribution in [3.63, 3.8) is 0 Å². The van der Waals surface area contributed by atoms with Gasteiger partial charge in [0, 0.05) is 0 Å². The van der Waals surface area contributed by atoms with Crippen molar-refractivity contribution in [2.24, 2.45) is 0 Å². The van der Waals surface area contributed by atoms with E-state index in [1.54, 1.807) is 10.6 Å². The van der Waals surface area contributed by atoms with E-state index in [4.69, 9.17) is 9.15 Å². The van der Waals surface area contributed by atoms with E-state index in [1.807, 2.05) is 0 Å². The zero-order valence-electron chi connectivity index (χ0n) is 14.4. The quantitative estimate of drug-likeness (QED) is 0.752. The van der Waals surface area contributed by atoms with E-state index in [0.29, 0.717) is 16.2 Å². The normalized spacial score (nSPS) is 19.5. The molecule has 0 bridgehead atoms. The minimum absolute atomic E-state index is 0.373. The highest BCUT2D eigenvalue weighted by Gasteiger charge is 2.68. The molecule has 1 aliphatic rings. The number of nitrogens with zero attached hydrogens (tertiary/aromatic N) is 1. The maximum atomic E-state index is 13.7. The summed E-state index contributed by atoms with van der Waals surface area (Å²) in [6, 6.07) is 7.17. The molecule has 4 amide bonds. The van der Waals surface area contributed by atoms with Crippen molar-refractivity contribution in [1.29, 1.82) is 0 Å². The van der Waals surface area contributed by atoms with Crippen LogP contribution >= 0.6 is 0 Å². The molecule has 8 nitrogen and oxygen atoms in total. The maximum absolute atomic E-state index is 13.7. The van der Waals surface area contributed by atoms with Gasteiger partial charge in [-0.25, -0.2) is 4.79 Å². The van der Waals surface area contributed by atoms with Gasteiger partial charge in [0.25, 0.3) is 17.5 Å². The third kappa shape index (κ3) is 3.26. The molecule has 148 valence electrons. The highest BCUT2D eigenvalue weighted by molar-refractivity contribution is 6.09. The Morgan fingerprint density at radius 2 is 1.93 bits per heavy atom. The number of imide groups is 1. The van der Waals surface area contributed by atoms with E-state index >= 15 is 0 Å². The van der Waals surface area contributed by atoms with Crippen LogP contribution in [0.15, 0.2) is 47.1 Å². The predicted molar refractivity (Wildman–Crippen MR) is 87.0 cm³/mol. The lowest BCUT2D eigenvalue weighted by atomic mass is 10.1. The predicted octanol–water partition coefficient (Wildman–Crippen LogP) is 2.03. The van der Waals surface area contributed by atoms with Gasteiger partial charge in [0.15, 0.2) is 5.76 Å². The fraction of sp³-hybridized carbons (Fsp3) is 0.235. The van der Waals surface area contributed by atoms with Gasteiger partial charge in [-0.2, -0.15) is 13.2 Å². The molecule has 1 atom stereocenters. The molecule has 2 heterocycles. The number of carbonyl (C=O) groups excluding carboxylic acids is 3. The van der Waals surface area contributed by atoms with Crippen molar-refractivity contribution in [2.75, 3.05) is 7.11 Å². The molecule has 2 N–H and O–H groups in total. The second-order valence-corrected chi connectivity index (χ2v) is 5.85. The number of carbonyl (C=O) groups is 3. The van der Waals surface area contributed by atoms with Crippen LogP contribution in [0.4, 0.5) is 18.0 Å². The monoisotopic (exact) mass is 397 g/mol. The molecule has 3 rings (SSSR count). The highest BCUT2D eigenvalue weighted by atomic mass is 19.4. The number of furan rings is 1. The van der Waals surface area contributed by atoms with Crippen molar-refractivity contribution in [2.45, 2.75) is 18.4 Å². The first-order valence-corrected chi connectivity index (χ1v) is 7.88. The van der Waals surface area contributed by atoms with Crippen LogP contribution in [0.2, 0.25) is 0 Å². The van der Waals surface area contributed by atoms with Crippen molar-refractivity contribution >= 4 is 17.8 Å². The summed E-state index contributed by atoms with van der Waals surface area (Å²) in [7, 11) is 1.44. The Kier molecular flexibility index (Phi) is 4.75. The Labute approximate surface area is 156 Å². The molecule has 0 spiro atoms. The van der Waals surface area contributed by atoms with Crippen LogP contribution in [-0.4, -0.2) is 41.7 Å². The summed E-state index contributed by atoms with van der Waals surface area (Å²) in [5.74, 6) is -2.90. The summed E-state index contributed by atoms with van der Waals surface area (Å²) in [5, 5.41) is 3.11. The van der Waals surface area contributed by atoms with Crippen LogP contribution in [0.1, 0.15) is 16.1 Å². The standard InChI is InChI=1S/C17H14F3N3O5/c1-27-11-6-4-10(5-7-11)9-23-14(25)16(17(18,19)20,22-15(23)26)21-13(24)12-3-2-8-28-12/h2-8H,9H2,1H3,(H,21,24)(H,22,26). The van der Waals surface area contributed by atoms with Crippen LogP contribution in [0.3, 0.4) is 0 Å². The van der Waals surface area contributed by atoms with Crippen LogP contribution in [0, 0.1) is 0 Å². The summed E-state index contributed by atoms with van der Waals surface area (Å²) in [6.45, 7) is -0.427. The van der Waals surface area contributed by atoms with Gasteiger partial charge in [0.1, 0.15) is 5.75 Å². The molecular formula is C17H14F3N3O5. The van der Waals surface area contributed by atoms with E-state index in [1.165, 1.54) is 37.4 Å². The van der Waals surface area contributed by atoms with Gasteiger partial charge in [0.2, 0.25) is 0 Å². The summed E-state index contributed by atoms with van der Waals surface area (Å²) < 4.78 is 50.9. The largest absolute Gasteiger partial charge is 0.497 e. The average Bonchev–Trinajstić information content (AvgIpc) is 3.26. The number of urea groups is 1. The zero-order valence-corrected chi connectivity index (χ0v) is 14.4. The SMILES string of the molecule is COc1ccc(CN2C(=O)NC(NC(=O)c3ccco3)(C(F)(F)F)C2=O)cc1. The molecular weight excluding hydrogens is 383 g/mol. The first-order chi connectivity index (χ1) is 13.2. The molecule has 0 radical (unpaired) electrons. The maximum Gasteiger partial charge on any atom is 0.440 e. The van der Waals surface area contributed by atoms with E-state index < -0.39 is 42.0 Å². The zero-order chi connectivity index (χ0) is 20.5. The van der Waals surface area contributed by atoms with Gasteiger partial charge in [0.05, 0.1) is 19.9 Å². The fourth-order valence-corrected chi connectivity index (χ4v) is 2.62. The average molecular weight is 397 g/mol. The van der Waals surface area contributed by atoms with Crippen molar-refractivity contribution in [3.8, 4) is 5.75 Å². The van der Waals surface area contributed by atoms with Crippen LogP contribution in [0.5, 0.6) is 5.75 Å². The Hall–Kier alpha value is -3.50. The molecule has 2 aromatic rings. The number of hydrogen-bond donors (Lipinski definition) is 2. The third-order valence-corrected chi connectivity index (χ3v) is 4.08. The van der Waals surface area contributed by atoms with Crippen LogP contribution in [0.25, 0.3) is 0 Å². The lowest BCUT2D eigenvalue weighted by Gasteiger charge is -2.29. The molecule has 1 fully saturated rings. The fourth-order valence-electron chi connectivity index (χ4n) is 2.62. The summed E-state index contributed by atoms with van der Waals surface area (Å²) >= 11 is 0. The van der Waals surface area contributed by atoms with Gasteiger partial charge in [-0.05, 0) is 29.8 Å². The molecule has 0 aliphatic carbocycles. The number of amides is 4. The summed E-state index contributed by atoms with van der Waals surface area (Å²) in [6.07, 6.45) is -4.21. The molecule has 1 aromatic carbocycles. The number of hydrogen-bond acceptors (Lipinski definition) is 5. The molecule has 1 aliphatic heterocycles. The lowest BCUT2D eigenvalue weighted by molar-refractivity contribution is -0.200. The number of methoxy groups -OCH3 is 1. The van der Waals surface area contributed by atoms with Gasteiger partial charge in [-0.1, -0.05) is 12.1 Å². The number of benzene rings is 1. The van der Waals surface area contributed by atoms with Gasteiger partial charge in [-0.3, -0.25) is 19.8 Å². The number of nitrogens with one attached hydrogen (secondary N) is 2. The molecule has 28 heavy (non-hydrogen) atoms. The topological polar surface area (TPSA) is 101 Å². The van der Waals surface area contributed by atoms with Crippen LogP contribution in [-0.2, 0) is 11.3 Å². The molecule has 1 aromatic heterocycles. The lowest BCUT2D eigenvalue weighted by Crippen LogP contribution is -2.69.